The number of ether oxygens (including phenoxy) is 1. The molecule has 0 aromatic carbocycles. The molecule has 0 aliphatic rings. The van der Waals surface area contributed by atoms with Crippen molar-refractivity contribution < 1.29 is 22.1 Å². The molecular weight excluding hydrogens is 298 g/mol. The Morgan fingerprint density at radius 1 is 1.29 bits per heavy atom. The first-order valence-corrected chi connectivity index (χ1v) is 7.77. The van der Waals surface area contributed by atoms with Crippen molar-refractivity contribution in [2.24, 2.45) is 0 Å². The van der Waals surface area contributed by atoms with Gasteiger partial charge in [-0.3, -0.25) is 0 Å². The molecule has 2 rings (SSSR count). The summed E-state index contributed by atoms with van der Waals surface area (Å²) >= 11 is 0. The molecule has 0 atom stereocenters. The second kappa shape index (κ2) is 7.36. The summed E-state index contributed by atoms with van der Waals surface area (Å²) in [4.78, 5) is 0. The van der Waals surface area contributed by atoms with Crippen molar-refractivity contribution >= 4 is 10.0 Å². The third kappa shape index (κ3) is 4.67. The summed E-state index contributed by atoms with van der Waals surface area (Å²) in [5.74, 6) is 0.535. The zero-order valence-corrected chi connectivity index (χ0v) is 12.4. The van der Waals surface area contributed by atoms with Crippen LogP contribution in [0.3, 0.4) is 0 Å². The van der Waals surface area contributed by atoms with Crippen LogP contribution in [0.1, 0.15) is 11.5 Å². The van der Waals surface area contributed by atoms with Crippen molar-refractivity contribution in [1.82, 2.24) is 15.2 Å². The van der Waals surface area contributed by atoms with E-state index in [-0.39, 0.29) is 11.6 Å². The number of hydrogen-bond acceptors (Lipinski definition) is 7. The van der Waals surface area contributed by atoms with Gasteiger partial charge in [0.25, 0.3) is 10.0 Å². The van der Waals surface area contributed by atoms with E-state index in [0.717, 1.165) is 0 Å². The average molecular weight is 315 g/mol. The predicted octanol–water partition coefficient (Wildman–Crippen LogP) is 0.482. The van der Waals surface area contributed by atoms with Gasteiger partial charge in [-0.25, -0.2) is 13.1 Å². The number of nitrogens with zero attached hydrogens (tertiary/aromatic N) is 1. The fraction of sp³-hybridized carbons (Fsp3) is 0.417. The average Bonchev–Trinajstić information content (AvgIpc) is 3.13. The smallest absolute Gasteiger partial charge is 0.274 e. The maximum absolute atomic E-state index is 12.0. The Hall–Kier alpha value is -1.68. The standard InChI is InChI=1S/C12H17N3O5S/c1-18-7-5-13-9-11-2-3-12(20-11)21(16,17)14-8-10-4-6-19-15-10/h2-4,6,13-14H,5,7-9H2,1H3. The summed E-state index contributed by atoms with van der Waals surface area (Å²) in [6, 6.07) is 4.61. The molecule has 0 fully saturated rings. The van der Waals surface area contributed by atoms with Gasteiger partial charge >= 0.3 is 0 Å². The van der Waals surface area contributed by atoms with Gasteiger partial charge in [-0.15, -0.1) is 0 Å². The van der Waals surface area contributed by atoms with Gasteiger partial charge in [0.2, 0.25) is 5.09 Å². The molecule has 0 unspecified atom stereocenters. The minimum absolute atomic E-state index is 0.0426. The normalized spacial score (nSPS) is 11.9. The first-order valence-electron chi connectivity index (χ1n) is 6.29. The van der Waals surface area contributed by atoms with E-state index in [1.165, 1.54) is 12.3 Å². The molecule has 9 heteroatoms. The van der Waals surface area contributed by atoms with Crippen LogP contribution in [0.4, 0.5) is 0 Å². The molecule has 0 spiro atoms. The SMILES string of the molecule is COCCNCc1ccc(S(=O)(=O)NCc2ccon2)o1. The summed E-state index contributed by atoms with van der Waals surface area (Å²) in [6.07, 6.45) is 1.38. The van der Waals surface area contributed by atoms with Crippen LogP contribution in [0.25, 0.3) is 0 Å². The molecule has 0 amide bonds. The van der Waals surface area contributed by atoms with E-state index in [2.05, 4.69) is 19.7 Å². The van der Waals surface area contributed by atoms with Crippen LogP contribution in [0.15, 0.2) is 38.5 Å². The van der Waals surface area contributed by atoms with Gasteiger partial charge in [-0.2, -0.15) is 0 Å². The Bertz CT molecular complexity index is 636. The zero-order chi connectivity index (χ0) is 15.1. The van der Waals surface area contributed by atoms with Crippen LogP contribution in [0.5, 0.6) is 0 Å². The highest BCUT2D eigenvalue weighted by molar-refractivity contribution is 7.89. The summed E-state index contributed by atoms with van der Waals surface area (Å²) in [5, 5.41) is 6.56. The van der Waals surface area contributed by atoms with Gasteiger partial charge in [0.05, 0.1) is 25.4 Å². The lowest BCUT2D eigenvalue weighted by molar-refractivity contribution is 0.198. The van der Waals surface area contributed by atoms with Crippen molar-refractivity contribution in [3.63, 3.8) is 0 Å². The molecule has 2 heterocycles. The highest BCUT2D eigenvalue weighted by Gasteiger charge is 2.18. The highest BCUT2D eigenvalue weighted by atomic mass is 32.2. The lowest BCUT2D eigenvalue weighted by Crippen LogP contribution is -2.23. The van der Waals surface area contributed by atoms with E-state index in [9.17, 15) is 8.42 Å². The molecule has 2 aromatic rings. The van der Waals surface area contributed by atoms with Crippen molar-refractivity contribution in [1.29, 1.82) is 0 Å². The van der Waals surface area contributed by atoms with Crippen molar-refractivity contribution in [2.45, 2.75) is 18.2 Å². The van der Waals surface area contributed by atoms with Crippen LogP contribution in [0, 0.1) is 0 Å². The van der Waals surface area contributed by atoms with E-state index < -0.39 is 10.0 Å². The predicted molar refractivity (Wildman–Crippen MR) is 72.8 cm³/mol. The minimum Gasteiger partial charge on any atom is -0.447 e. The number of aromatic nitrogens is 1. The first-order chi connectivity index (χ1) is 10.1. The number of sulfonamides is 1. The lowest BCUT2D eigenvalue weighted by atomic mass is 10.4. The van der Waals surface area contributed by atoms with Gasteiger partial charge in [-0.05, 0) is 12.1 Å². The third-order valence-electron chi connectivity index (χ3n) is 2.62. The van der Waals surface area contributed by atoms with Crippen molar-refractivity contribution in [3.05, 3.63) is 35.9 Å². The molecule has 0 bridgehead atoms. The quantitative estimate of drug-likeness (QED) is 0.648. The largest absolute Gasteiger partial charge is 0.447 e. The third-order valence-corrected chi connectivity index (χ3v) is 3.89. The number of nitrogens with one attached hydrogen (secondary N) is 2. The Balaban J connectivity index is 1.89. The topological polar surface area (TPSA) is 107 Å². The van der Waals surface area contributed by atoms with Crippen LogP contribution >= 0.6 is 0 Å². The number of furan rings is 1. The van der Waals surface area contributed by atoms with Gasteiger partial charge in [-0.1, -0.05) is 5.16 Å². The lowest BCUT2D eigenvalue weighted by Gasteiger charge is -2.02. The maximum Gasteiger partial charge on any atom is 0.274 e. The number of methoxy groups -OCH3 is 1. The van der Waals surface area contributed by atoms with Gasteiger partial charge in [0, 0.05) is 19.7 Å². The van der Waals surface area contributed by atoms with E-state index in [1.54, 1.807) is 19.2 Å². The van der Waals surface area contributed by atoms with Crippen LogP contribution in [-0.2, 0) is 27.8 Å². The van der Waals surface area contributed by atoms with E-state index in [1.807, 2.05) is 0 Å². The summed E-state index contributed by atoms with van der Waals surface area (Å²) in [7, 11) is -2.09. The van der Waals surface area contributed by atoms with Gasteiger partial charge in [0.15, 0.2) is 0 Å². The molecule has 0 saturated heterocycles. The van der Waals surface area contributed by atoms with Gasteiger partial charge in [0.1, 0.15) is 12.0 Å². The Kier molecular flexibility index (Phi) is 5.51. The van der Waals surface area contributed by atoms with Crippen LogP contribution < -0.4 is 10.0 Å². The summed E-state index contributed by atoms with van der Waals surface area (Å²) < 4.78 is 41.2. The van der Waals surface area contributed by atoms with Crippen molar-refractivity contribution in [3.8, 4) is 0 Å². The molecule has 0 radical (unpaired) electrons. The monoisotopic (exact) mass is 315 g/mol. The summed E-state index contributed by atoms with van der Waals surface area (Å²) in [5.41, 5.74) is 0.492. The van der Waals surface area contributed by atoms with E-state index in [4.69, 9.17) is 9.15 Å². The highest BCUT2D eigenvalue weighted by Crippen LogP contribution is 2.14. The number of hydrogen-bond donors (Lipinski definition) is 2. The zero-order valence-electron chi connectivity index (χ0n) is 11.5. The van der Waals surface area contributed by atoms with Crippen LogP contribution in [0.2, 0.25) is 0 Å². The molecule has 21 heavy (non-hydrogen) atoms. The second-order valence-electron chi connectivity index (χ2n) is 4.21. The molecule has 0 saturated carbocycles. The fourth-order valence-electron chi connectivity index (χ4n) is 1.55. The maximum atomic E-state index is 12.0. The van der Waals surface area contributed by atoms with Gasteiger partial charge < -0.3 is 19.0 Å². The second-order valence-corrected chi connectivity index (χ2v) is 5.90. The van der Waals surface area contributed by atoms with E-state index in [0.29, 0.717) is 31.2 Å². The van der Waals surface area contributed by atoms with Crippen LogP contribution in [-0.4, -0.2) is 33.8 Å². The van der Waals surface area contributed by atoms with Crippen molar-refractivity contribution in [2.75, 3.05) is 20.3 Å². The molecule has 8 nitrogen and oxygen atoms in total. The summed E-state index contributed by atoms with van der Waals surface area (Å²) in [6.45, 7) is 1.71. The molecule has 116 valence electrons. The molecule has 2 N–H and O–H groups in total. The first kappa shape index (κ1) is 15.7. The minimum atomic E-state index is -3.70. The Morgan fingerprint density at radius 2 is 2.14 bits per heavy atom. The van der Waals surface area contributed by atoms with E-state index >= 15 is 0 Å². The Labute approximate surface area is 122 Å². The molecular formula is C12H17N3O5S. The Morgan fingerprint density at radius 3 is 2.86 bits per heavy atom. The number of rotatable bonds is 9. The molecule has 0 aliphatic carbocycles. The molecule has 0 aliphatic heterocycles. The molecule has 2 aromatic heterocycles. The fourth-order valence-corrected chi connectivity index (χ4v) is 2.50.